The molecule has 3 aromatic rings. The van der Waals surface area contributed by atoms with E-state index in [4.69, 9.17) is 0 Å². The molecule has 1 atom stereocenters. The molecular formula is C23H21FN2O2S. The second-order valence-corrected chi connectivity index (χ2v) is 7.94. The third-order valence-corrected chi connectivity index (χ3v) is 5.43. The van der Waals surface area contributed by atoms with Crippen molar-refractivity contribution in [1.29, 1.82) is 0 Å². The van der Waals surface area contributed by atoms with Crippen molar-refractivity contribution >= 4 is 35.0 Å². The number of nitrogens with one attached hydrogen (secondary N) is 2. The maximum atomic E-state index is 13.7. The SMILES string of the molecule is Cc1ccccc1C(=O)Nc1ccc(SC(C)C(=O)Nc2ccccc2F)cc1. The lowest BCUT2D eigenvalue weighted by Crippen LogP contribution is -2.22. The van der Waals surface area contributed by atoms with Gasteiger partial charge in [0.2, 0.25) is 5.91 Å². The number of hydrogen-bond acceptors (Lipinski definition) is 3. The van der Waals surface area contributed by atoms with Crippen molar-refractivity contribution in [3.05, 3.63) is 89.7 Å². The first-order valence-electron chi connectivity index (χ1n) is 9.13. The van der Waals surface area contributed by atoms with Crippen LogP contribution < -0.4 is 10.6 Å². The lowest BCUT2D eigenvalue weighted by Gasteiger charge is -2.13. The molecule has 4 nitrogen and oxygen atoms in total. The molecule has 29 heavy (non-hydrogen) atoms. The van der Waals surface area contributed by atoms with Crippen LogP contribution in [0.3, 0.4) is 0 Å². The Morgan fingerprint density at radius 2 is 1.55 bits per heavy atom. The Morgan fingerprint density at radius 3 is 2.24 bits per heavy atom. The fraction of sp³-hybridized carbons (Fsp3) is 0.130. The van der Waals surface area contributed by atoms with Crippen LogP contribution in [0, 0.1) is 12.7 Å². The summed E-state index contributed by atoms with van der Waals surface area (Å²) in [6, 6.07) is 20.7. The smallest absolute Gasteiger partial charge is 0.255 e. The molecule has 0 saturated carbocycles. The molecule has 0 aliphatic carbocycles. The standard InChI is InChI=1S/C23H21FN2O2S/c1-15-7-3-4-8-19(15)23(28)25-17-11-13-18(14-12-17)29-16(2)22(27)26-21-10-6-5-9-20(21)24/h3-14,16H,1-2H3,(H,25,28)(H,26,27). The molecule has 0 fully saturated rings. The maximum absolute atomic E-state index is 13.7. The summed E-state index contributed by atoms with van der Waals surface area (Å²) in [5.41, 5.74) is 2.38. The van der Waals surface area contributed by atoms with Gasteiger partial charge in [0.15, 0.2) is 0 Å². The predicted molar refractivity (Wildman–Crippen MR) is 116 cm³/mol. The highest BCUT2D eigenvalue weighted by molar-refractivity contribution is 8.00. The number of halogens is 1. The van der Waals surface area contributed by atoms with E-state index in [0.29, 0.717) is 11.3 Å². The van der Waals surface area contributed by atoms with Crippen LogP contribution in [0.2, 0.25) is 0 Å². The van der Waals surface area contributed by atoms with E-state index in [1.807, 2.05) is 37.3 Å². The van der Waals surface area contributed by atoms with Crippen LogP contribution in [0.4, 0.5) is 15.8 Å². The summed E-state index contributed by atoms with van der Waals surface area (Å²) in [5.74, 6) is -0.912. The minimum absolute atomic E-state index is 0.166. The van der Waals surface area contributed by atoms with Crippen LogP contribution in [-0.2, 0) is 4.79 Å². The second kappa shape index (κ2) is 9.39. The van der Waals surface area contributed by atoms with E-state index in [1.54, 1.807) is 37.3 Å². The van der Waals surface area contributed by atoms with E-state index >= 15 is 0 Å². The van der Waals surface area contributed by atoms with Crippen molar-refractivity contribution in [2.75, 3.05) is 10.6 Å². The fourth-order valence-corrected chi connectivity index (χ4v) is 3.56. The molecule has 3 rings (SSSR count). The van der Waals surface area contributed by atoms with E-state index in [1.165, 1.54) is 23.9 Å². The van der Waals surface area contributed by atoms with Crippen LogP contribution in [0.15, 0.2) is 77.7 Å². The van der Waals surface area contributed by atoms with Gasteiger partial charge in [-0.3, -0.25) is 9.59 Å². The minimum atomic E-state index is -0.466. The number of carbonyl (C=O) groups is 2. The number of benzene rings is 3. The molecule has 0 aromatic heterocycles. The normalized spacial score (nSPS) is 11.6. The third kappa shape index (κ3) is 5.45. The summed E-state index contributed by atoms with van der Waals surface area (Å²) in [6.45, 7) is 3.65. The quantitative estimate of drug-likeness (QED) is 0.529. The Kier molecular flexibility index (Phi) is 6.67. The summed E-state index contributed by atoms with van der Waals surface area (Å²) in [5, 5.41) is 5.06. The van der Waals surface area contributed by atoms with Crippen molar-refractivity contribution < 1.29 is 14.0 Å². The molecule has 0 radical (unpaired) electrons. The van der Waals surface area contributed by atoms with Crippen LogP contribution >= 0.6 is 11.8 Å². The Bertz CT molecular complexity index is 1020. The summed E-state index contributed by atoms with van der Waals surface area (Å²) in [4.78, 5) is 25.6. The van der Waals surface area contributed by atoms with Gasteiger partial charge in [-0.15, -0.1) is 11.8 Å². The molecule has 0 heterocycles. The third-order valence-electron chi connectivity index (χ3n) is 4.32. The first-order chi connectivity index (χ1) is 13.9. The average molecular weight is 408 g/mol. The Labute approximate surface area is 173 Å². The molecule has 148 valence electrons. The summed E-state index contributed by atoms with van der Waals surface area (Å²) in [7, 11) is 0. The highest BCUT2D eigenvalue weighted by Crippen LogP contribution is 2.26. The highest BCUT2D eigenvalue weighted by Gasteiger charge is 2.16. The van der Waals surface area contributed by atoms with Gasteiger partial charge < -0.3 is 10.6 Å². The van der Waals surface area contributed by atoms with Crippen molar-refractivity contribution in [3.63, 3.8) is 0 Å². The Morgan fingerprint density at radius 1 is 0.897 bits per heavy atom. The van der Waals surface area contributed by atoms with Crippen LogP contribution in [-0.4, -0.2) is 17.1 Å². The first-order valence-corrected chi connectivity index (χ1v) is 10.0. The molecule has 0 spiro atoms. The van der Waals surface area contributed by atoms with Gasteiger partial charge in [0, 0.05) is 16.1 Å². The number of anilines is 2. The zero-order chi connectivity index (χ0) is 20.8. The van der Waals surface area contributed by atoms with Crippen LogP contribution in [0.5, 0.6) is 0 Å². The maximum Gasteiger partial charge on any atom is 0.255 e. The molecule has 0 aliphatic rings. The van der Waals surface area contributed by atoms with E-state index in [0.717, 1.165) is 10.5 Å². The summed E-state index contributed by atoms with van der Waals surface area (Å²) >= 11 is 1.36. The number of hydrogen-bond donors (Lipinski definition) is 2. The molecule has 6 heteroatoms. The second-order valence-electron chi connectivity index (χ2n) is 6.52. The van der Waals surface area contributed by atoms with E-state index in [2.05, 4.69) is 10.6 Å². The topological polar surface area (TPSA) is 58.2 Å². The number of rotatable bonds is 6. The van der Waals surface area contributed by atoms with Crippen molar-refractivity contribution in [2.24, 2.45) is 0 Å². The number of amides is 2. The number of para-hydroxylation sites is 1. The highest BCUT2D eigenvalue weighted by atomic mass is 32.2. The largest absolute Gasteiger partial charge is 0.323 e. The number of thioether (sulfide) groups is 1. The minimum Gasteiger partial charge on any atom is -0.323 e. The first kappa shape index (κ1) is 20.6. The van der Waals surface area contributed by atoms with E-state index in [-0.39, 0.29) is 17.5 Å². The molecular weight excluding hydrogens is 387 g/mol. The number of carbonyl (C=O) groups excluding carboxylic acids is 2. The molecule has 0 bridgehead atoms. The van der Waals surface area contributed by atoms with E-state index < -0.39 is 11.1 Å². The predicted octanol–water partition coefficient (Wildman–Crippen LogP) is 5.51. The molecule has 3 aromatic carbocycles. The average Bonchev–Trinajstić information content (AvgIpc) is 2.71. The van der Waals surface area contributed by atoms with Gasteiger partial charge in [0.05, 0.1) is 10.9 Å². The Hall–Kier alpha value is -3.12. The molecule has 0 aliphatic heterocycles. The van der Waals surface area contributed by atoms with Gasteiger partial charge in [-0.25, -0.2) is 4.39 Å². The number of aryl methyl sites for hydroxylation is 1. The van der Waals surface area contributed by atoms with Gasteiger partial charge in [-0.1, -0.05) is 30.3 Å². The lowest BCUT2D eigenvalue weighted by atomic mass is 10.1. The fourth-order valence-electron chi connectivity index (χ4n) is 2.70. The van der Waals surface area contributed by atoms with Crippen LogP contribution in [0.25, 0.3) is 0 Å². The van der Waals surface area contributed by atoms with Gasteiger partial charge in [-0.2, -0.15) is 0 Å². The zero-order valence-electron chi connectivity index (χ0n) is 16.1. The van der Waals surface area contributed by atoms with E-state index in [9.17, 15) is 14.0 Å². The Balaban J connectivity index is 1.58. The van der Waals surface area contributed by atoms with Gasteiger partial charge >= 0.3 is 0 Å². The van der Waals surface area contributed by atoms with Crippen molar-refractivity contribution in [1.82, 2.24) is 0 Å². The molecule has 2 amide bonds. The summed E-state index contributed by atoms with van der Waals surface area (Å²) in [6.07, 6.45) is 0. The van der Waals surface area contributed by atoms with Crippen molar-refractivity contribution in [3.8, 4) is 0 Å². The van der Waals surface area contributed by atoms with Gasteiger partial charge in [-0.05, 0) is 61.9 Å². The molecule has 0 saturated heterocycles. The molecule has 1 unspecified atom stereocenters. The lowest BCUT2D eigenvalue weighted by molar-refractivity contribution is -0.115. The monoisotopic (exact) mass is 408 g/mol. The van der Waals surface area contributed by atoms with Gasteiger partial charge in [0.25, 0.3) is 5.91 Å². The van der Waals surface area contributed by atoms with Crippen molar-refractivity contribution in [2.45, 2.75) is 24.0 Å². The molecule has 2 N–H and O–H groups in total. The van der Waals surface area contributed by atoms with Crippen LogP contribution in [0.1, 0.15) is 22.8 Å². The van der Waals surface area contributed by atoms with Gasteiger partial charge in [0.1, 0.15) is 5.82 Å². The summed E-state index contributed by atoms with van der Waals surface area (Å²) < 4.78 is 13.7. The zero-order valence-corrected chi connectivity index (χ0v) is 16.9.